The van der Waals surface area contributed by atoms with Crippen molar-refractivity contribution in [3.63, 3.8) is 0 Å². The largest absolute Gasteiger partial charge is 1.00 e. The summed E-state index contributed by atoms with van der Waals surface area (Å²) in [6.45, 7) is 10.6. The maximum Gasteiger partial charge on any atom is 1.00 e. The fraction of sp³-hybridized carbons (Fsp3) is 1.00. The summed E-state index contributed by atoms with van der Waals surface area (Å²) in [5, 5.41) is 47.2. The van der Waals surface area contributed by atoms with Gasteiger partial charge in [0, 0.05) is 26.6 Å². The van der Waals surface area contributed by atoms with Gasteiger partial charge in [-0.2, -0.15) is 0 Å². The third-order valence-corrected chi connectivity index (χ3v) is 13.8. The van der Waals surface area contributed by atoms with Crippen LogP contribution in [0, 0.1) is 46.3 Å². The van der Waals surface area contributed by atoms with Crippen molar-refractivity contribution in [1.29, 1.82) is 0 Å². The molecular weight excluding hydrogens is 655 g/mol. The number of aliphatic hydroxyl groups is 4. The van der Waals surface area contributed by atoms with Crippen LogP contribution in [-0.4, -0.2) is 109 Å². The van der Waals surface area contributed by atoms with Crippen molar-refractivity contribution in [3.8, 4) is 0 Å². The summed E-state index contributed by atoms with van der Waals surface area (Å²) in [7, 11) is -2.21. The van der Waals surface area contributed by atoms with Gasteiger partial charge < -0.3 is 43.9 Å². The van der Waals surface area contributed by atoms with E-state index in [1.54, 1.807) is 0 Å². The molecule has 48 heavy (non-hydrogen) atoms. The average molecular weight is 715 g/mol. The van der Waals surface area contributed by atoms with E-state index in [1.807, 2.05) is 6.92 Å². The molecule has 1 heterocycles. The summed E-state index contributed by atoms with van der Waals surface area (Å²) in [6, 6.07) is 0. The van der Waals surface area contributed by atoms with Gasteiger partial charge in [-0.15, -0.1) is 0 Å². The van der Waals surface area contributed by atoms with E-state index in [-0.39, 0.29) is 72.4 Å². The first-order valence-electron chi connectivity index (χ1n) is 17.6. The van der Waals surface area contributed by atoms with Crippen LogP contribution < -0.4 is 29.6 Å². The van der Waals surface area contributed by atoms with Crippen LogP contribution in [-0.2, 0) is 33.5 Å². The molecule has 4 aliphatic carbocycles. The van der Waals surface area contributed by atoms with Gasteiger partial charge in [0.15, 0.2) is 6.29 Å². The minimum Gasteiger partial charge on any atom is -0.726 e. The summed E-state index contributed by atoms with van der Waals surface area (Å²) in [6.07, 6.45) is -1.16. The minimum absolute atomic E-state index is 0. The first kappa shape index (κ1) is 41.3. The van der Waals surface area contributed by atoms with Crippen LogP contribution in [0.5, 0.6) is 0 Å². The van der Waals surface area contributed by atoms with E-state index in [1.165, 1.54) is 14.2 Å². The average Bonchev–Trinajstić information content (AvgIpc) is 3.18. The normalized spacial score (nSPS) is 48.3. The van der Waals surface area contributed by atoms with Gasteiger partial charge in [-0.05, 0) is 72.5 Å². The molecule has 4 saturated carbocycles. The molecule has 5 aliphatic rings. The van der Waals surface area contributed by atoms with E-state index in [9.17, 15) is 33.4 Å². The van der Waals surface area contributed by atoms with E-state index in [0.29, 0.717) is 38.0 Å². The van der Waals surface area contributed by atoms with Crippen molar-refractivity contribution in [2.75, 3.05) is 20.8 Å². The topological polar surface area (TPSA) is 184 Å². The molecule has 1 aliphatic heterocycles. The van der Waals surface area contributed by atoms with Crippen LogP contribution in [0.15, 0.2) is 0 Å². The van der Waals surface area contributed by atoms with Gasteiger partial charge in [-0.1, -0.05) is 53.9 Å². The zero-order valence-corrected chi connectivity index (χ0v) is 32.9. The molecule has 12 nitrogen and oxygen atoms in total. The standard InChI is InChI=1S/C34H60O12S.Na/c1-18(2)9-8-10-19(3)25-27(37)28(46-47(39,40)41)30-33(25,5)14-12-24-32(4)13-11-20(15-21(32)22(35)16-34(24,30)38)45-31-29(43-7)26(36)23(42-6)17-44-31;/h18-31,35-38H,8-17H2,1-7H3,(H,39,40,41);/q;+1/p-1/t19-,20+,21?,22-,23?,24?,25+,26?,27-,28+,29?,30?,31?,32+,33-,34+;/m1./s1. The van der Waals surface area contributed by atoms with E-state index in [2.05, 4.69) is 27.7 Å². The summed E-state index contributed by atoms with van der Waals surface area (Å²) in [5.74, 6) is -1.29. The van der Waals surface area contributed by atoms with Crippen molar-refractivity contribution in [2.24, 2.45) is 46.3 Å². The van der Waals surface area contributed by atoms with Crippen molar-refractivity contribution >= 4 is 10.4 Å². The van der Waals surface area contributed by atoms with E-state index in [4.69, 9.17) is 23.1 Å². The molecular formula is C34H59NaO12S. The molecule has 5 fully saturated rings. The second kappa shape index (κ2) is 15.5. The Morgan fingerprint density at radius 3 is 2.23 bits per heavy atom. The Balaban J connectivity index is 0.00000520. The summed E-state index contributed by atoms with van der Waals surface area (Å²) in [4.78, 5) is 0. The second-order valence-corrected chi connectivity index (χ2v) is 17.4. The maximum atomic E-state index is 12.8. The molecule has 7 unspecified atom stereocenters. The fourth-order valence-electron chi connectivity index (χ4n) is 11.4. The zero-order valence-electron chi connectivity index (χ0n) is 30.1. The van der Waals surface area contributed by atoms with Crippen LogP contribution in [0.2, 0.25) is 0 Å². The molecule has 5 rings (SSSR count). The Bertz CT molecular complexity index is 1190. The molecule has 4 N–H and O–H groups in total. The van der Waals surface area contributed by atoms with Crippen molar-refractivity contribution in [3.05, 3.63) is 0 Å². The van der Waals surface area contributed by atoms with E-state index in [0.717, 1.165) is 19.3 Å². The first-order valence-corrected chi connectivity index (χ1v) is 19.0. The predicted molar refractivity (Wildman–Crippen MR) is 169 cm³/mol. The fourth-order valence-corrected chi connectivity index (χ4v) is 11.9. The van der Waals surface area contributed by atoms with Gasteiger partial charge in [0.05, 0.1) is 30.5 Å². The van der Waals surface area contributed by atoms with E-state index >= 15 is 0 Å². The second-order valence-electron chi connectivity index (χ2n) is 16.4. The minimum atomic E-state index is -5.20. The Morgan fingerprint density at radius 1 is 0.958 bits per heavy atom. The number of ether oxygens (including phenoxy) is 4. The Morgan fingerprint density at radius 2 is 1.62 bits per heavy atom. The molecule has 0 aromatic rings. The molecule has 274 valence electrons. The van der Waals surface area contributed by atoms with Crippen LogP contribution in [0.4, 0.5) is 0 Å². The Kier molecular flexibility index (Phi) is 13.3. The number of rotatable bonds is 11. The molecule has 0 bridgehead atoms. The van der Waals surface area contributed by atoms with Gasteiger partial charge in [-0.25, -0.2) is 8.42 Å². The molecule has 0 spiro atoms. The first-order chi connectivity index (χ1) is 21.9. The van der Waals surface area contributed by atoms with Crippen LogP contribution >= 0.6 is 0 Å². The molecule has 0 amide bonds. The Labute approximate surface area is 309 Å². The van der Waals surface area contributed by atoms with Crippen LogP contribution in [0.3, 0.4) is 0 Å². The summed E-state index contributed by atoms with van der Waals surface area (Å²) >= 11 is 0. The number of hydrogen-bond acceptors (Lipinski definition) is 12. The summed E-state index contributed by atoms with van der Waals surface area (Å²) < 4.78 is 64.5. The van der Waals surface area contributed by atoms with Crippen LogP contribution in [0.1, 0.15) is 92.4 Å². The third-order valence-electron chi connectivity index (χ3n) is 13.4. The summed E-state index contributed by atoms with van der Waals surface area (Å²) in [5.41, 5.74) is -2.81. The smallest absolute Gasteiger partial charge is 0.726 e. The quantitative estimate of drug-likeness (QED) is 0.0955. The molecule has 0 aromatic heterocycles. The maximum absolute atomic E-state index is 12.8. The van der Waals surface area contributed by atoms with Gasteiger partial charge in [0.2, 0.25) is 10.4 Å². The Hall–Kier alpha value is 0.550. The van der Waals surface area contributed by atoms with Crippen molar-refractivity contribution in [1.82, 2.24) is 0 Å². The van der Waals surface area contributed by atoms with Gasteiger partial charge in [0.25, 0.3) is 0 Å². The van der Waals surface area contributed by atoms with Gasteiger partial charge in [0.1, 0.15) is 24.4 Å². The van der Waals surface area contributed by atoms with Gasteiger partial charge in [-0.3, -0.25) is 4.18 Å². The predicted octanol–water partition coefficient (Wildman–Crippen LogP) is -0.244. The van der Waals surface area contributed by atoms with Crippen LogP contribution in [0.25, 0.3) is 0 Å². The molecule has 14 heteroatoms. The number of hydrogen-bond donors (Lipinski definition) is 4. The third kappa shape index (κ3) is 7.49. The number of methoxy groups -OCH3 is 2. The molecule has 0 radical (unpaired) electrons. The molecule has 16 atom stereocenters. The molecule has 1 saturated heterocycles. The number of fused-ring (bicyclic) bond motifs is 5. The van der Waals surface area contributed by atoms with Crippen molar-refractivity contribution < 1.29 is 86.1 Å². The van der Waals surface area contributed by atoms with Gasteiger partial charge >= 0.3 is 29.6 Å². The monoisotopic (exact) mass is 714 g/mol. The zero-order chi connectivity index (χ0) is 34.7. The SMILES string of the molecule is COC1COC(O[C@H]2CC[C@@]3(C)C(C2)[C@H](O)C[C@]2(O)C3CC[C@@]3(C)C2[C@@H](OS(=O)(=O)[O-])[C@H](O)[C@@H]3[C@H](C)CCCC(C)C)C(OC)C1O.[Na+]. The number of aliphatic hydroxyl groups excluding tert-OH is 3. The van der Waals surface area contributed by atoms with E-state index < -0.39 is 75.7 Å². The molecule has 0 aromatic carbocycles. The van der Waals surface area contributed by atoms with Crippen molar-refractivity contribution in [2.45, 2.75) is 147 Å².